The first-order chi connectivity index (χ1) is 12.6. The smallest absolute Gasteiger partial charge is 0.328 e. The Bertz CT molecular complexity index is 501. The van der Waals surface area contributed by atoms with Crippen LogP contribution in [0.4, 0.5) is 0 Å². The van der Waals surface area contributed by atoms with E-state index in [-0.39, 0.29) is 11.9 Å². The van der Waals surface area contributed by atoms with E-state index in [1.165, 1.54) is 38.5 Å². The van der Waals surface area contributed by atoms with Crippen molar-refractivity contribution in [2.45, 2.75) is 84.1 Å². The molecule has 1 atom stereocenters. The summed E-state index contributed by atoms with van der Waals surface area (Å²) < 4.78 is 5.26. The van der Waals surface area contributed by atoms with Crippen molar-refractivity contribution < 1.29 is 14.3 Å². The molecule has 0 aliphatic rings. The van der Waals surface area contributed by atoms with Gasteiger partial charge in [0.15, 0.2) is 0 Å². The molecule has 0 aromatic heterocycles. The van der Waals surface area contributed by atoms with Crippen LogP contribution in [0, 0.1) is 0 Å². The van der Waals surface area contributed by atoms with Gasteiger partial charge < -0.3 is 10.1 Å². The highest BCUT2D eigenvalue weighted by atomic mass is 16.5. The number of carbonyl (C=O) groups excluding carboxylic acids is 2. The van der Waals surface area contributed by atoms with Crippen molar-refractivity contribution in [2.24, 2.45) is 0 Å². The molecule has 0 unspecified atom stereocenters. The van der Waals surface area contributed by atoms with Crippen molar-refractivity contribution in [1.29, 1.82) is 0 Å². The molecular weight excluding hydrogens is 326 g/mol. The summed E-state index contributed by atoms with van der Waals surface area (Å²) in [6.45, 7) is 4.34. The Morgan fingerprint density at radius 1 is 0.962 bits per heavy atom. The SMILES string of the molecule is CCCCCCCCCCOC(=O)[C@H](C)NC(=O)CCc1ccccc1. The molecule has 1 aromatic rings. The first-order valence-electron chi connectivity index (χ1n) is 10.1. The van der Waals surface area contributed by atoms with Gasteiger partial charge in [0.05, 0.1) is 6.61 Å². The van der Waals surface area contributed by atoms with Gasteiger partial charge in [-0.2, -0.15) is 0 Å². The number of rotatable bonds is 14. The van der Waals surface area contributed by atoms with Crippen LogP contribution in [-0.2, 0) is 20.7 Å². The first-order valence-corrected chi connectivity index (χ1v) is 10.1. The molecule has 0 bridgehead atoms. The summed E-state index contributed by atoms with van der Waals surface area (Å²) in [5.74, 6) is -0.466. The molecule has 0 heterocycles. The third-order valence-corrected chi connectivity index (χ3v) is 4.46. The Labute approximate surface area is 158 Å². The number of amides is 1. The number of ether oxygens (including phenoxy) is 1. The van der Waals surface area contributed by atoms with Crippen LogP contribution in [-0.4, -0.2) is 24.5 Å². The highest BCUT2D eigenvalue weighted by Crippen LogP contribution is 2.08. The molecule has 1 aromatic carbocycles. The van der Waals surface area contributed by atoms with E-state index in [2.05, 4.69) is 12.2 Å². The number of nitrogens with one attached hydrogen (secondary N) is 1. The van der Waals surface area contributed by atoms with Crippen molar-refractivity contribution in [3.8, 4) is 0 Å². The highest BCUT2D eigenvalue weighted by molar-refractivity contribution is 5.84. The van der Waals surface area contributed by atoms with Crippen LogP contribution in [0.15, 0.2) is 30.3 Å². The van der Waals surface area contributed by atoms with E-state index in [4.69, 9.17) is 4.74 Å². The molecule has 0 aliphatic carbocycles. The Hall–Kier alpha value is -1.84. The van der Waals surface area contributed by atoms with Gasteiger partial charge in [-0.3, -0.25) is 4.79 Å². The zero-order valence-electron chi connectivity index (χ0n) is 16.5. The number of aryl methyl sites for hydroxylation is 1. The minimum absolute atomic E-state index is 0.120. The fourth-order valence-corrected chi connectivity index (χ4v) is 2.81. The maximum atomic E-state index is 11.9. The van der Waals surface area contributed by atoms with Crippen LogP contribution < -0.4 is 5.32 Å². The molecule has 1 amide bonds. The molecule has 26 heavy (non-hydrogen) atoms. The predicted molar refractivity (Wildman–Crippen MR) is 106 cm³/mol. The van der Waals surface area contributed by atoms with Crippen LogP contribution in [0.5, 0.6) is 0 Å². The van der Waals surface area contributed by atoms with Gasteiger partial charge >= 0.3 is 5.97 Å². The Morgan fingerprint density at radius 3 is 2.23 bits per heavy atom. The summed E-state index contributed by atoms with van der Waals surface area (Å²) in [5, 5.41) is 2.72. The fraction of sp³-hybridized carbons (Fsp3) is 0.636. The van der Waals surface area contributed by atoms with Gasteiger partial charge in [-0.25, -0.2) is 4.79 Å². The predicted octanol–water partition coefficient (Wildman–Crippen LogP) is 4.81. The molecule has 0 fully saturated rings. The minimum atomic E-state index is -0.590. The molecule has 0 radical (unpaired) electrons. The number of unbranched alkanes of at least 4 members (excludes halogenated alkanes) is 7. The van der Waals surface area contributed by atoms with Crippen LogP contribution in [0.3, 0.4) is 0 Å². The van der Waals surface area contributed by atoms with E-state index in [1.54, 1.807) is 6.92 Å². The van der Waals surface area contributed by atoms with Crippen molar-refractivity contribution in [2.75, 3.05) is 6.61 Å². The van der Waals surface area contributed by atoms with Crippen molar-refractivity contribution in [3.63, 3.8) is 0 Å². The highest BCUT2D eigenvalue weighted by Gasteiger charge is 2.16. The van der Waals surface area contributed by atoms with E-state index < -0.39 is 6.04 Å². The zero-order valence-corrected chi connectivity index (χ0v) is 16.5. The minimum Gasteiger partial charge on any atom is -0.464 e. The molecule has 0 spiro atoms. The summed E-state index contributed by atoms with van der Waals surface area (Å²) in [5.41, 5.74) is 1.12. The van der Waals surface area contributed by atoms with Gasteiger partial charge in [-0.05, 0) is 25.3 Å². The quantitative estimate of drug-likeness (QED) is 0.382. The number of hydrogen-bond acceptors (Lipinski definition) is 3. The molecule has 0 saturated carbocycles. The monoisotopic (exact) mass is 361 g/mol. The van der Waals surface area contributed by atoms with Crippen molar-refractivity contribution in [3.05, 3.63) is 35.9 Å². The zero-order chi connectivity index (χ0) is 19.0. The molecule has 0 saturated heterocycles. The molecule has 0 aliphatic heterocycles. The normalized spacial score (nSPS) is 11.8. The van der Waals surface area contributed by atoms with Crippen LogP contribution in [0.1, 0.15) is 77.2 Å². The molecule has 1 N–H and O–H groups in total. The van der Waals surface area contributed by atoms with E-state index in [1.807, 2.05) is 30.3 Å². The van der Waals surface area contributed by atoms with Gasteiger partial charge in [0.25, 0.3) is 0 Å². The Kier molecular flexibility index (Phi) is 12.2. The largest absolute Gasteiger partial charge is 0.464 e. The maximum Gasteiger partial charge on any atom is 0.328 e. The molecule has 146 valence electrons. The second kappa shape index (κ2) is 14.3. The van der Waals surface area contributed by atoms with E-state index >= 15 is 0 Å². The third kappa shape index (κ3) is 10.9. The fourth-order valence-electron chi connectivity index (χ4n) is 2.81. The molecule has 1 rings (SSSR count). The van der Waals surface area contributed by atoms with Gasteiger partial charge in [0.2, 0.25) is 5.91 Å². The summed E-state index contributed by atoms with van der Waals surface area (Å²) in [7, 11) is 0. The average molecular weight is 362 g/mol. The van der Waals surface area contributed by atoms with E-state index in [0.29, 0.717) is 19.4 Å². The summed E-state index contributed by atoms with van der Waals surface area (Å²) in [6, 6.07) is 9.27. The van der Waals surface area contributed by atoms with E-state index in [9.17, 15) is 9.59 Å². The lowest BCUT2D eigenvalue weighted by atomic mass is 10.1. The molecule has 4 nitrogen and oxygen atoms in total. The third-order valence-electron chi connectivity index (χ3n) is 4.46. The second-order valence-electron chi connectivity index (χ2n) is 6.92. The standard InChI is InChI=1S/C22H35NO3/c1-3-4-5-6-7-8-9-13-18-26-22(25)19(2)23-21(24)17-16-20-14-11-10-12-15-20/h10-12,14-15,19H,3-9,13,16-18H2,1-2H3,(H,23,24)/t19-/m0/s1. The average Bonchev–Trinajstić information content (AvgIpc) is 2.65. The lowest BCUT2D eigenvalue weighted by molar-refractivity contribution is -0.147. The lowest BCUT2D eigenvalue weighted by Crippen LogP contribution is -2.39. The lowest BCUT2D eigenvalue weighted by Gasteiger charge is -2.13. The van der Waals surface area contributed by atoms with Crippen LogP contribution in [0.25, 0.3) is 0 Å². The Balaban J connectivity index is 2.04. The maximum absolute atomic E-state index is 11.9. The second-order valence-corrected chi connectivity index (χ2v) is 6.92. The van der Waals surface area contributed by atoms with Gasteiger partial charge in [0, 0.05) is 6.42 Å². The molecular formula is C22H35NO3. The van der Waals surface area contributed by atoms with Crippen molar-refractivity contribution in [1.82, 2.24) is 5.32 Å². The Morgan fingerprint density at radius 2 is 1.58 bits per heavy atom. The summed E-state index contributed by atoms with van der Waals surface area (Å²) in [4.78, 5) is 23.9. The molecule has 4 heteroatoms. The number of hydrogen-bond donors (Lipinski definition) is 1. The van der Waals surface area contributed by atoms with Crippen LogP contribution >= 0.6 is 0 Å². The van der Waals surface area contributed by atoms with E-state index in [0.717, 1.165) is 18.4 Å². The first kappa shape index (κ1) is 22.2. The summed E-state index contributed by atoms with van der Waals surface area (Å²) >= 11 is 0. The topological polar surface area (TPSA) is 55.4 Å². The van der Waals surface area contributed by atoms with Crippen molar-refractivity contribution >= 4 is 11.9 Å². The number of esters is 1. The van der Waals surface area contributed by atoms with Gasteiger partial charge in [0.1, 0.15) is 6.04 Å². The van der Waals surface area contributed by atoms with Gasteiger partial charge in [-0.15, -0.1) is 0 Å². The number of benzene rings is 1. The van der Waals surface area contributed by atoms with Crippen LogP contribution in [0.2, 0.25) is 0 Å². The summed E-state index contributed by atoms with van der Waals surface area (Å²) in [6.07, 6.45) is 10.7. The van der Waals surface area contributed by atoms with Gasteiger partial charge in [-0.1, -0.05) is 82.2 Å². The number of carbonyl (C=O) groups is 2.